The highest BCUT2D eigenvalue weighted by atomic mass is 32.1. The van der Waals surface area contributed by atoms with Crippen molar-refractivity contribution in [3.05, 3.63) is 42.8 Å². The summed E-state index contributed by atoms with van der Waals surface area (Å²) in [7, 11) is 0. The van der Waals surface area contributed by atoms with Gasteiger partial charge in [-0.3, -0.25) is 4.79 Å². The molecule has 2 aromatic rings. The Bertz CT molecular complexity index is 681. The third kappa shape index (κ3) is 2.55. The van der Waals surface area contributed by atoms with Gasteiger partial charge >= 0.3 is 0 Å². The summed E-state index contributed by atoms with van der Waals surface area (Å²) in [4.78, 5) is 16.3. The summed E-state index contributed by atoms with van der Waals surface area (Å²) in [6.45, 7) is 8.56. The van der Waals surface area contributed by atoms with Crippen LogP contribution in [-0.4, -0.2) is 5.91 Å². The Kier molecular flexibility index (Phi) is 3.93. The molecule has 0 saturated heterocycles. The molecule has 1 atom stereocenters. The molecule has 0 bridgehead atoms. The van der Waals surface area contributed by atoms with Crippen molar-refractivity contribution in [3.63, 3.8) is 0 Å². The number of amides is 1. The summed E-state index contributed by atoms with van der Waals surface area (Å²) in [6, 6.07) is 2.35. The minimum atomic E-state index is 0.101. The molecule has 2 aromatic heterocycles. The normalized spacial score (nSPS) is 17.3. The lowest BCUT2D eigenvalue weighted by Gasteiger charge is -2.14. The second-order valence-electron chi connectivity index (χ2n) is 6.04. The molecule has 1 amide bonds. The number of nitrogens with one attached hydrogen (secondary N) is 1. The van der Waals surface area contributed by atoms with E-state index in [0.29, 0.717) is 5.92 Å². The number of hydrogen-bond donors (Lipinski definition) is 1. The van der Waals surface area contributed by atoms with E-state index in [4.69, 9.17) is 0 Å². The Morgan fingerprint density at radius 3 is 2.86 bits per heavy atom. The minimum Gasteiger partial charge on any atom is -0.344 e. The molecule has 2 heterocycles. The van der Waals surface area contributed by atoms with Crippen LogP contribution in [0.15, 0.2) is 11.4 Å². The highest BCUT2D eigenvalue weighted by Gasteiger charge is 2.27. The van der Waals surface area contributed by atoms with Crippen molar-refractivity contribution in [2.75, 3.05) is 0 Å². The van der Waals surface area contributed by atoms with E-state index in [9.17, 15) is 4.79 Å². The Labute approximate surface area is 134 Å². The minimum absolute atomic E-state index is 0.101. The van der Waals surface area contributed by atoms with Crippen molar-refractivity contribution >= 4 is 28.6 Å². The molecule has 21 heavy (non-hydrogen) atoms. The largest absolute Gasteiger partial charge is 0.344 e. The number of carbonyl (C=O) groups is 1. The number of aryl methyl sites for hydroxylation is 2. The third-order valence-electron chi connectivity index (χ3n) is 4.34. The van der Waals surface area contributed by atoms with Crippen molar-refractivity contribution in [1.82, 2.24) is 5.32 Å². The lowest BCUT2D eigenvalue weighted by Crippen LogP contribution is -2.27. The molecular weight excluding hydrogens is 298 g/mol. The molecule has 0 spiro atoms. The lowest BCUT2D eigenvalue weighted by atomic mass is 9.98. The molecule has 0 saturated carbocycles. The fourth-order valence-corrected chi connectivity index (χ4v) is 5.36. The van der Waals surface area contributed by atoms with Crippen molar-refractivity contribution in [2.45, 2.75) is 52.5 Å². The van der Waals surface area contributed by atoms with Crippen LogP contribution >= 0.6 is 22.7 Å². The maximum Gasteiger partial charge on any atom is 0.262 e. The van der Waals surface area contributed by atoms with Gasteiger partial charge in [0.2, 0.25) is 0 Å². The predicted molar refractivity (Wildman–Crippen MR) is 90.7 cm³/mol. The van der Waals surface area contributed by atoms with Crippen LogP contribution in [0.5, 0.6) is 0 Å². The van der Waals surface area contributed by atoms with Crippen LogP contribution < -0.4 is 5.32 Å². The van der Waals surface area contributed by atoms with E-state index in [1.54, 1.807) is 22.7 Å². The van der Waals surface area contributed by atoms with Crippen molar-refractivity contribution in [2.24, 2.45) is 0 Å². The SMILES string of the molecule is Cc1sc(C(=O)N[C@@H]2CCc3sccc32)c(C(C)C)c1C. The van der Waals surface area contributed by atoms with E-state index in [1.165, 1.54) is 26.4 Å². The van der Waals surface area contributed by atoms with Crippen LogP contribution in [0.1, 0.15) is 68.3 Å². The van der Waals surface area contributed by atoms with E-state index in [-0.39, 0.29) is 11.9 Å². The first kappa shape index (κ1) is 14.8. The summed E-state index contributed by atoms with van der Waals surface area (Å²) < 4.78 is 0. The first-order valence-electron chi connectivity index (χ1n) is 7.46. The van der Waals surface area contributed by atoms with Gasteiger partial charge in [0.05, 0.1) is 10.9 Å². The van der Waals surface area contributed by atoms with Crippen LogP contribution in [-0.2, 0) is 6.42 Å². The number of carbonyl (C=O) groups excluding carboxylic acids is 1. The molecule has 2 nitrogen and oxygen atoms in total. The molecule has 0 aliphatic heterocycles. The molecular formula is C17H21NOS2. The van der Waals surface area contributed by atoms with Crippen LogP contribution in [0.4, 0.5) is 0 Å². The van der Waals surface area contributed by atoms with Crippen molar-refractivity contribution < 1.29 is 4.79 Å². The third-order valence-corrected chi connectivity index (χ3v) is 6.55. The average Bonchev–Trinajstić information content (AvgIpc) is 3.08. The number of hydrogen-bond acceptors (Lipinski definition) is 3. The fraction of sp³-hybridized carbons (Fsp3) is 0.471. The zero-order chi connectivity index (χ0) is 15.1. The average molecular weight is 319 g/mol. The molecule has 112 valence electrons. The molecule has 1 aliphatic rings. The number of rotatable bonds is 3. The number of thiophene rings is 2. The molecule has 4 heteroatoms. The molecule has 0 radical (unpaired) electrons. The van der Waals surface area contributed by atoms with E-state index in [0.717, 1.165) is 17.7 Å². The Hall–Kier alpha value is -1.13. The van der Waals surface area contributed by atoms with Crippen LogP contribution in [0.3, 0.4) is 0 Å². The molecule has 3 rings (SSSR count). The van der Waals surface area contributed by atoms with Gasteiger partial charge in [-0.2, -0.15) is 0 Å². The highest BCUT2D eigenvalue weighted by molar-refractivity contribution is 7.14. The zero-order valence-corrected chi connectivity index (χ0v) is 14.6. The standard InChI is InChI=1S/C17H21NOS2/c1-9(2)15-10(3)11(4)21-16(15)17(19)18-13-5-6-14-12(13)7-8-20-14/h7-9,13H,5-6H2,1-4H3,(H,18,19)/t13-/m1/s1. The second-order valence-corrected chi connectivity index (χ2v) is 8.27. The van der Waals surface area contributed by atoms with Crippen LogP contribution in [0.25, 0.3) is 0 Å². The Morgan fingerprint density at radius 2 is 2.14 bits per heavy atom. The highest BCUT2D eigenvalue weighted by Crippen LogP contribution is 2.37. The van der Waals surface area contributed by atoms with Gasteiger partial charge in [-0.15, -0.1) is 22.7 Å². The first-order valence-corrected chi connectivity index (χ1v) is 9.15. The summed E-state index contributed by atoms with van der Waals surface area (Å²) >= 11 is 3.44. The molecule has 0 fully saturated rings. The summed E-state index contributed by atoms with van der Waals surface area (Å²) in [5.41, 5.74) is 3.82. The van der Waals surface area contributed by atoms with Gasteiger partial charge in [0.15, 0.2) is 0 Å². The lowest BCUT2D eigenvalue weighted by molar-refractivity contribution is 0.0939. The van der Waals surface area contributed by atoms with Gasteiger partial charge < -0.3 is 5.32 Å². The van der Waals surface area contributed by atoms with Crippen LogP contribution in [0, 0.1) is 13.8 Å². The second kappa shape index (κ2) is 5.58. The van der Waals surface area contributed by atoms with Gasteiger partial charge in [0, 0.05) is 9.75 Å². The van der Waals surface area contributed by atoms with Crippen molar-refractivity contribution in [3.8, 4) is 0 Å². The molecule has 0 unspecified atom stereocenters. The maximum atomic E-state index is 12.7. The Morgan fingerprint density at radius 1 is 1.38 bits per heavy atom. The van der Waals surface area contributed by atoms with Crippen molar-refractivity contribution in [1.29, 1.82) is 0 Å². The predicted octanol–water partition coefficient (Wildman–Crippen LogP) is 4.97. The molecule has 1 N–H and O–H groups in total. The maximum absolute atomic E-state index is 12.7. The van der Waals surface area contributed by atoms with E-state index in [2.05, 4.69) is 44.5 Å². The van der Waals surface area contributed by atoms with Gasteiger partial charge in [-0.05, 0) is 60.7 Å². The van der Waals surface area contributed by atoms with E-state index >= 15 is 0 Å². The number of fused-ring (bicyclic) bond motifs is 1. The topological polar surface area (TPSA) is 29.1 Å². The monoisotopic (exact) mass is 319 g/mol. The molecule has 0 aromatic carbocycles. The first-order chi connectivity index (χ1) is 9.99. The Balaban J connectivity index is 1.86. The summed E-state index contributed by atoms with van der Waals surface area (Å²) in [6.07, 6.45) is 2.13. The fourth-order valence-electron chi connectivity index (χ4n) is 3.18. The van der Waals surface area contributed by atoms with Crippen LogP contribution in [0.2, 0.25) is 0 Å². The van der Waals surface area contributed by atoms with Gasteiger partial charge in [0.25, 0.3) is 5.91 Å². The summed E-state index contributed by atoms with van der Waals surface area (Å²) in [5, 5.41) is 5.38. The van der Waals surface area contributed by atoms with E-state index in [1.807, 2.05) is 0 Å². The van der Waals surface area contributed by atoms with E-state index < -0.39 is 0 Å². The summed E-state index contributed by atoms with van der Waals surface area (Å²) in [5.74, 6) is 0.486. The quantitative estimate of drug-likeness (QED) is 0.850. The van der Waals surface area contributed by atoms with Gasteiger partial charge in [-0.1, -0.05) is 13.8 Å². The van der Waals surface area contributed by atoms with Gasteiger partial charge in [-0.25, -0.2) is 0 Å². The zero-order valence-electron chi connectivity index (χ0n) is 12.9. The smallest absolute Gasteiger partial charge is 0.262 e. The van der Waals surface area contributed by atoms with Gasteiger partial charge in [0.1, 0.15) is 0 Å². The molecule has 1 aliphatic carbocycles.